The second-order valence-corrected chi connectivity index (χ2v) is 8.23. The zero-order valence-electron chi connectivity index (χ0n) is 17.5. The van der Waals surface area contributed by atoms with Gasteiger partial charge in [0.1, 0.15) is 0 Å². The van der Waals surface area contributed by atoms with Crippen LogP contribution < -0.4 is 5.32 Å². The summed E-state index contributed by atoms with van der Waals surface area (Å²) in [5, 5.41) is 7.10. The van der Waals surface area contributed by atoms with Gasteiger partial charge in [-0.1, -0.05) is 35.0 Å². The first-order chi connectivity index (χ1) is 14.6. The second-order valence-electron chi connectivity index (χ2n) is 8.23. The maximum Gasteiger partial charge on any atom is 0.241 e. The van der Waals surface area contributed by atoms with Gasteiger partial charge in [-0.2, -0.15) is 4.98 Å². The summed E-state index contributed by atoms with van der Waals surface area (Å²) in [6, 6.07) is 8.03. The molecule has 4 rings (SSSR count). The molecular weight excluding hydrogens is 382 g/mol. The van der Waals surface area contributed by atoms with Crippen LogP contribution in [0, 0.1) is 12.8 Å². The van der Waals surface area contributed by atoms with E-state index in [1.54, 1.807) is 0 Å². The van der Waals surface area contributed by atoms with Crippen molar-refractivity contribution in [1.82, 2.24) is 25.3 Å². The number of hydrogen-bond donors (Lipinski definition) is 1. The second kappa shape index (κ2) is 9.38. The Labute approximate surface area is 176 Å². The van der Waals surface area contributed by atoms with E-state index in [9.17, 15) is 9.59 Å². The van der Waals surface area contributed by atoms with Gasteiger partial charge < -0.3 is 14.7 Å². The molecule has 3 heterocycles. The molecule has 2 aliphatic rings. The van der Waals surface area contributed by atoms with Crippen molar-refractivity contribution in [2.45, 2.75) is 39.2 Å². The van der Waals surface area contributed by atoms with E-state index in [0.717, 1.165) is 37.9 Å². The van der Waals surface area contributed by atoms with Crippen molar-refractivity contribution in [3.05, 3.63) is 35.7 Å². The molecule has 0 radical (unpaired) electrons. The minimum atomic E-state index is -0.0486. The molecule has 8 nitrogen and oxygen atoms in total. The molecule has 2 fully saturated rings. The third-order valence-electron chi connectivity index (χ3n) is 5.87. The number of rotatable bonds is 7. The highest BCUT2D eigenvalue weighted by Crippen LogP contribution is 2.20. The number of benzene rings is 1. The van der Waals surface area contributed by atoms with E-state index < -0.39 is 0 Å². The molecule has 0 bridgehead atoms. The van der Waals surface area contributed by atoms with Gasteiger partial charge in [-0.3, -0.25) is 14.5 Å². The van der Waals surface area contributed by atoms with Crippen LogP contribution in [-0.4, -0.2) is 64.5 Å². The zero-order chi connectivity index (χ0) is 20.9. The lowest BCUT2D eigenvalue weighted by Crippen LogP contribution is -2.44. The molecule has 1 atom stereocenters. The van der Waals surface area contributed by atoms with Gasteiger partial charge in [0.15, 0.2) is 0 Å². The molecule has 1 aromatic heterocycles. The Morgan fingerprint density at radius 2 is 2.07 bits per heavy atom. The Bertz CT molecular complexity index is 879. The fourth-order valence-electron chi connectivity index (χ4n) is 4.14. The van der Waals surface area contributed by atoms with Crippen LogP contribution in [0.1, 0.15) is 37.1 Å². The van der Waals surface area contributed by atoms with Crippen molar-refractivity contribution in [3.63, 3.8) is 0 Å². The largest absolute Gasteiger partial charge is 0.354 e. The Hall–Kier alpha value is -2.74. The number of carbonyl (C=O) groups excluding carboxylic acids is 2. The normalized spacial score (nSPS) is 20.0. The smallest absolute Gasteiger partial charge is 0.241 e. The lowest BCUT2D eigenvalue weighted by molar-refractivity contribution is -0.129. The number of aromatic nitrogens is 2. The van der Waals surface area contributed by atoms with E-state index >= 15 is 0 Å². The summed E-state index contributed by atoms with van der Waals surface area (Å²) >= 11 is 0. The Kier molecular flexibility index (Phi) is 6.42. The first-order valence-electron chi connectivity index (χ1n) is 10.8. The van der Waals surface area contributed by atoms with E-state index in [4.69, 9.17) is 4.52 Å². The first kappa shape index (κ1) is 20.5. The Balaban J connectivity index is 1.26. The number of aryl methyl sites for hydroxylation is 1. The lowest BCUT2D eigenvalue weighted by Gasteiger charge is -2.31. The number of hydrogen-bond acceptors (Lipinski definition) is 6. The third-order valence-corrected chi connectivity index (χ3v) is 5.87. The summed E-state index contributed by atoms with van der Waals surface area (Å²) in [5.74, 6) is 1.37. The summed E-state index contributed by atoms with van der Waals surface area (Å²) in [7, 11) is 0. The van der Waals surface area contributed by atoms with E-state index in [-0.39, 0.29) is 17.7 Å². The van der Waals surface area contributed by atoms with Gasteiger partial charge in [0.05, 0.1) is 12.5 Å². The number of likely N-dealkylation sites (tertiary alicyclic amines) is 2. The van der Waals surface area contributed by atoms with Gasteiger partial charge in [-0.25, -0.2) is 0 Å². The minimum Gasteiger partial charge on any atom is -0.354 e. The number of carbonyl (C=O) groups is 2. The van der Waals surface area contributed by atoms with Crippen LogP contribution >= 0.6 is 0 Å². The molecule has 8 heteroatoms. The molecule has 1 unspecified atom stereocenters. The molecule has 0 spiro atoms. The van der Waals surface area contributed by atoms with Crippen molar-refractivity contribution >= 4 is 11.8 Å². The average Bonchev–Trinajstić information content (AvgIpc) is 3.38. The first-order valence-corrected chi connectivity index (χ1v) is 10.8. The van der Waals surface area contributed by atoms with Crippen LogP contribution in [0.4, 0.5) is 0 Å². The molecule has 0 saturated carbocycles. The topological polar surface area (TPSA) is 91.6 Å². The predicted octanol–water partition coefficient (Wildman–Crippen LogP) is 2.00. The molecule has 2 saturated heterocycles. The minimum absolute atomic E-state index is 0.0486. The van der Waals surface area contributed by atoms with Crippen LogP contribution in [0.25, 0.3) is 11.4 Å². The number of nitrogens with one attached hydrogen (secondary N) is 1. The highest BCUT2D eigenvalue weighted by molar-refractivity contribution is 5.79. The predicted molar refractivity (Wildman–Crippen MR) is 111 cm³/mol. The molecular formula is C22H29N5O3. The number of nitrogens with zero attached hydrogens (tertiary/aromatic N) is 4. The lowest BCUT2D eigenvalue weighted by atomic mass is 9.97. The standard InChI is InChI=1S/C22H29N5O3/c1-16-6-8-17(9-7-16)21-24-19(30-25-21)15-26-11-2-4-18(14-26)22(29)23-10-13-27-12-3-5-20(27)28/h6-9,18H,2-5,10-15H2,1H3,(H,23,29). The quantitative estimate of drug-likeness (QED) is 0.749. The van der Waals surface area contributed by atoms with Crippen LogP contribution in [0.15, 0.2) is 28.8 Å². The van der Waals surface area contributed by atoms with Crippen molar-refractivity contribution < 1.29 is 14.1 Å². The Morgan fingerprint density at radius 3 is 2.83 bits per heavy atom. The summed E-state index contributed by atoms with van der Waals surface area (Å²) in [6.45, 7) is 6.10. The molecule has 30 heavy (non-hydrogen) atoms. The van der Waals surface area contributed by atoms with Crippen molar-refractivity contribution in [2.24, 2.45) is 5.92 Å². The van der Waals surface area contributed by atoms with E-state index in [0.29, 0.717) is 44.3 Å². The highest BCUT2D eigenvalue weighted by Gasteiger charge is 2.27. The van der Waals surface area contributed by atoms with Gasteiger partial charge in [-0.15, -0.1) is 0 Å². The van der Waals surface area contributed by atoms with Crippen LogP contribution in [0.5, 0.6) is 0 Å². The maximum atomic E-state index is 12.6. The number of amides is 2. The monoisotopic (exact) mass is 411 g/mol. The summed E-state index contributed by atoms with van der Waals surface area (Å²) in [6.07, 6.45) is 3.39. The zero-order valence-corrected chi connectivity index (χ0v) is 17.5. The van der Waals surface area contributed by atoms with E-state index in [1.807, 2.05) is 36.1 Å². The van der Waals surface area contributed by atoms with Gasteiger partial charge in [0.2, 0.25) is 23.5 Å². The van der Waals surface area contributed by atoms with Crippen LogP contribution in [0.3, 0.4) is 0 Å². The fraction of sp³-hybridized carbons (Fsp3) is 0.545. The van der Waals surface area contributed by atoms with Crippen molar-refractivity contribution in [2.75, 3.05) is 32.7 Å². The third kappa shape index (κ3) is 5.05. The SMILES string of the molecule is Cc1ccc(-c2noc(CN3CCCC(C(=O)NCCN4CCCC4=O)C3)n2)cc1. The van der Waals surface area contributed by atoms with Gasteiger partial charge in [0.25, 0.3) is 0 Å². The Morgan fingerprint density at radius 1 is 1.23 bits per heavy atom. The van der Waals surface area contributed by atoms with E-state index in [2.05, 4.69) is 20.4 Å². The van der Waals surface area contributed by atoms with E-state index in [1.165, 1.54) is 5.56 Å². The van der Waals surface area contributed by atoms with Crippen molar-refractivity contribution in [1.29, 1.82) is 0 Å². The molecule has 2 aromatic rings. The highest BCUT2D eigenvalue weighted by atomic mass is 16.5. The fourth-order valence-corrected chi connectivity index (χ4v) is 4.14. The molecule has 1 N–H and O–H groups in total. The molecule has 1 aromatic carbocycles. The summed E-state index contributed by atoms with van der Waals surface area (Å²) in [5.41, 5.74) is 2.12. The molecule has 160 valence electrons. The molecule has 0 aliphatic carbocycles. The van der Waals surface area contributed by atoms with Crippen LogP contribution in [0.2, 0.25) is 0 Å². The van der Waals surface area contributed by atoms with Gasteiger partial charge in [-0.05, 0) is 32.7 Å². The summed E-state index contributed by atoms with van der Waals surface area (Å²) < 4.78 is 5.44. The molecule has 2 aliphatic heterocycles. The average molecular weight is 412 g/mol. The van der Waals surface area contributed by atoms with Crippen molar-refractivity contribution in [3.8, 4) is 11.4 Å². The molecule has 2 amide bonds. The maximum absolute atomic E-state index is 12.6. The van der Waals surface area contributed by atoms with Crippen LogP contribution in [-0.2, 0) is 16.1 Å². The summed E-state index contributed by atoms with van der Waals surface area (Å²) in [4.78, 5) is 32.8. The van der Waals surface area contributed by atoms with Gasteiger partial charge >= 0.3 is 0 Å². The number of piperidine rings is 1. The van der Waals surface area contributed by atoms with Gasteiger partial charge in [0, 0.05) is 38.2 Å².